The fourth-order valence-corrected chi connectivity index (χ4v) is 3.74. The lowest BCUT2D eigenvalue weighted by molar-refractivity contribution is 0.414. The maximum atomic E-state index is 12.9. The van der Waals surface area contributed by atoms with Crippen LogP contribution >= 0.6 is 0 Å². The summed E-state index contributed by atoms with van der Waals surface area (Å²) in [5.41, 5.74) is 4.31. The van der Waals surface area contributed by atoms with Gasteiger partial charge in [-0.2, -0.15) is 5.10 Å². The molecule has 3 aromatic rings. The largest absolute Gasteiger partial charge is 0.507 e. The van der Waals surface area contributed by atoms with E-state index < -0.39 is 11.2 Å². The van der Waals surface area contributed by atoms with Crippen molar-refractivity contribution >= 4 is 12.0 Å². The summed E-state index contributed by atoms with van der Waals surface area (Å²) in [6.07, 6.45) is 1.62. The molecule has 0 aliphatic heterocycles. The zero-order valence-corrected chi connectivity index (χ0v) is 21.6. The Labute approximate surface area is 205 Å². The summed E-state index contributed by atoms with van der Waals surface area (Å²) in [7, 11) is 2.99. The molecule has 3 rings (SSSR count). The van der Waals surface area contributed by atoms with Crippen molar-refractivity contribution in [3.8, 4) is 17.2 Å². The Hall–Kier alpha value is -3.81. The van der Waals surface area contributed by atoms with Gasteiger partial charge in [-0.3, -0.25) is 14.8 Å². The maximum Gasteiger partial charge on any atom is 0.336 e. The lowest BCUT2D eigenvalue weighted by Gasteiger charge is -2.27. The smallest absolute Gasteiger partial charge is 0.336 e. The molecule has 0 bridgehead atoms. The van der Waals surface area contributed by atoms with Crippen LogP contribution in [0.15, 0.2) is 57.2 Å². The van der Waals surface area contributed by atoms with E-state index in [0.717, 1.165) is 21.3 Å². The van der Waals surface area contributed by atoms with Crippen LogP contribution in [0.2, 0.25) is 0 Å². The van der Waals surface area contributed by atoms with Crippen molar-refractivity contribution in [3.63, 3.8) is 0 Å². The molecule has 0 unspecified atom stereocenters. The van der Waals surface area contributed by atoms with E-state index in [1.165, 1.54) is 17.7 Å². The van der Waals surface area contributed by atoms with Gasteiger partial charge >= 0.3 is 5.69 Å². The Morgan fingerprint density at radius 1 is 0.943 bits per heavy atom. The predicted octanol–water partition coefficient (Wildman–Crippen LogP) is 4.29. The lowest BCUT2D eigenvalue weighted by atomic mass is 9.78. The topological polar surface area (TPSA) is 97.8 Å². The molecule has 0 radical (unpaired) electrons. The van der Waals surface area contributed by atoms with E-state index >= 15 is 0 Å². The first kappa shape index (κ1) is 25.8. The van der Waals surface area contributed by atoms with E-state index in [9.17, 15) is 14.7 Å². The Morgan fingerprint density at radius 3 is 1.97 bits per heavy atom. The summed E-state index contributed by atoms with van der Waals surface area (Å²) in [4.78, 5) is 25.3. The standard InChI is InChI=1S/C27H34N4O4/c1-26(2,3)20-13-17(14-21(24(20)33)27(4,5)6)16-28-29-22-15-23(32)30(7)25(34)31(22)18-9-11-19(35-8)12-10-18/h9-16,29,33H,1-8H3/b28-16+. The zero-order valence-electron chi connectivity index (χ0n) is 21.6. The Morgan fingerprint density at radius 2 is 1.49 bits per heavy atom. The number of anilines is 1. The number of aromatic hydroxyl groups is 1. The molecule has 8 heteroatoms. The van der Waals surface area contributed by atoms with Crippen LogP contribution in [0.3, 0.4) is 0 Å². The zero-order chi connectivity index (χ0) is 26.1. The van der Waals surface area contributed by atoms with E-state index in [1.54, 1.807) is 37.6 Å². The van der Waals surface area contributed by atoms with E-state index in [2.05, 4.69) is 10.5 Å². The molecule has 0 aliphatic rings. The fraction of sp³-hybridized carbons (Fsp3) is 0.370. The van der Waals surface area contributed by atoms with Crippen molar-refractivity contribution in [1.82, 2.24) is 9.13 Å². The molecule has 0 fully saturated rings. The Kier molecular flexibility index (Phi) is 6.96. The lowest BCUT2D eigenvalue weighted by Crippen LogP contribution is -2.37. The van der Waals surface area contributed by atoms with Gasteiger partial charge in [-0.15, -0.1) is 0 Å². The predicted molar refractivity (Wildman–Crippen MR) is 141 cm³/mol. The van der Waals surface area contributed by atoms with Crippen molar-refractivity contribution in [1.29, 1.82) is 0 Å². The van der Waals surface area contributed by atoms with E-state index in [1.807, 2.05) is 53.7 Å². The molecule has 2 aromatic carbocycles. The molecule has 2 N–H and O–H groups in total. The Balaban J connectivity index is 2.07. The summed E-state index contributed by atoms with van der Waals surface area (Å²) in [6, 6.07) is 12.0. The van der Waals surface area contributed by atoms with Crippen LogP contribution in [0.5, 0.6) is 11.5 Å². The first-order valence-electron chi connectivity index (χ1n) is 11.4. The number of phenols is 1. The van der Waals surface area contributed by atoms with Crippen LogP contribution in [0, 0.1) is 0 Å². The summed E-state index contributed by atoms with van der Waals surface area (Å²) >= 11 is 0. The SMILES string of the molecule is COc1ccc(-n2c(N/N=C/c3cc(C(C)(C)C)c(O)c(C(C)(C)C)c3)cc(=O)n(C)c2=O)cc1. The molecule has 0 aliphatic carbocycles. The molecule has 0 amide bonds. The molecule has 186 valence electrons. The molecular weight excluding hydrogens is 444 g/mol. The number of aromatic nitrogens is 2. The third-order valence-corrected chi connectivity index (χ3v) is 5.78. The molecule has 0 saturated heterocycles. The number of phenolic OH excluding ortho intramolecular Hbond substituents is 1. The van der Waals surface area contributed by atoms with E-state index in [4.69, 9.17) is 4.74 Å². The second-order valence-corrected chi connectivity index (χ2v) is 10.6. The number of hydrogen-bond donors (Lipinski definition) is 2. The fourth-order valence-electron chi connectivity index (χ4n) is 3.74. The highest BCUT2D eigenvalue weighted by Crippen LogP contribution is 2.39. The van der Waals surface area contributed by atoms with Crippen LogP contribution in [-0.4, -0.2) is 27.6 Å². The van der Waals surface area contributed by atoms with E-state index in [0.29, 0.717) is 11.4 Å². The van der Waals surface area contributed by atoms with Gasteiger partial charge in [-0.25, -0.2) is 9.36 Å². The van der Waals surface area contributed by atoms with Gasteiger partial charge in [-0.05, 0) is 52.8 Å². The first-order valence-corrected chi connectivity index (χ1v) is 11.4. The highest BCUT2D eigenvalue weighted by atomic mass is 16.5. The minimum absolute atomic E-state index is 0.227. The van der Waals surface area contributed by atoms with Gasteiger partial charge in [0.15, 0.2) is 0 Å². The van der Waals surface area contributed by atoms with Crippen LogP contribution in [0.25, 0.3) is 5.69 Å². The highest BCUT2D eigenvalue weighted by Gasteiger charge is 2.26. The second kappa shape index (κ2) is 9.44. The van der Waals surface area contributed by atoms with Crippen molar-refractivity contribution in [2.45, 2.75) is 52.4 Å². The van der Waals surface area contributed by atoms with Gasteiger partial charge < -0.3 is 9.84 Å². The molecule has 8 nitrogen and oxygen atoms in total. The number of methoxy groups -OCH3 is 1. The van der Waals surface area contributed by atoms with Crippen molar-refractivity contribution in [2.75, 3.05) is 12.5 Å². The van der Waals surface area contributed by atoms with Crippen LogP contribution < -0.4 is 21.4 Å². The van der Waals surface area contributed by atoms with Crippen LogP contribution in [0.1, 0.15) is 58.2 Å². The number of ether oxygens (including phenoxy) is 1. The van der Waals surface area contributed by atoms with Crippen LogP contribution in [-0.2, 0) is 17.9 Å². The number of nitrogens with one attached hydrogen (secondary N) is 1. The third-order valence-electron chi connectivity index (χ3n) is 5.78. The van der Waals surface area contributed by atoms with Gasteiger partial charge in [0.25, 0.3) is 5.56 Å². The summed E-state index contributed by atoms with van der Waals surface area (Å²) in [5.74, 6) is 1.16. The maximum absolute atomic E-state index is 12.9. The van der Waals surface area contributed by atoms with Crippen molar-refractivity contribution in [3.05, 3.63) is 80.0 Å². The quantitative estimate of drug-likeness (QED) is 0.421. The molecule has 1 heterocycles. The normalized spacial score (nSPS) is 12.2. The summed E-state index contributed by atoms with van der Waals surface area (Å²) < 4.78 is 7.60. The molecule has 1 aromatic heterocycles. The number of nitrogens with zero attached hydrogens (tertiary/aromatic N) is 3. The van der Waals surface area contributed by atoms with Gasteiger partial charge in [0.2, 0.25) is 0 Å². The number of hydrogen-bond acceptors (Lipinski definition) is 6. The molecule has 35 heavy (non-hydrogen) atoms. The van der Waals surface area contributed by atoms with Gasteiger partial charge in [-0.1, -0.05) is 41.5 Å². The average molecular weight is 479 g/mol. The summed E-state index contributed by atoms with van der Waals surface area (Å²) in [6.45, 7) is 12.3. The molecule has 0 saturated carbocycles. The van der Waals surface area contributed by atoms with Gasteiger partial charge in [0.1, 0.15) is 17.3 Å². The summed E-state index contributed by atoms with van der Waals surface area (Å²) in [5, 5.41) is 15.3. The average Bonchev–Trinajstić information content (AvgIpc) is 2.77. The number of benzene rings is 2. The minimum atomic E-state index is -0.505. The Bertz CT molecular complexity index is 1330. The molecular formula is C27H34N4O4. The number of hydrazone groups is 1. The molecule has 0 atom stereocenters. The van der Waals surface area contributed by atoms with Crippen molar-refractivity contribution in [2.24, 2.45) is 12.1 Å². The first-order chi connectivity index (χ1) is 16.2. The van der Waals surface area contributed by atoms with Crippen LogP contribution in [0.4, 0.5) is 5.82 Å². The highest BCUT2D eigenvalue weighted by molar-refractivity contribution is 5.82. The minimum Gasteiger partial charge on any atom is -0.507 e. The second-order valence-electron chi connectivity index (χ2n) is 10.6. The molecule has 0 spiro atoms. The van der Waals surface area contributed by atoms with Gasteiger partial charge in [0.05, 0.1) is 19.0 Å². The third kappa shape index (κ3) is 5.48. The van der Waals surface area contributed by atoms with E-state index in [-0.39, 0.29) is 22.4 Å². The number of rotatable bonds is 5. The van der Waals surface area contributed by atoms with Gasteiger partial charge in [0, 0.05) is 24.2 Å². The monoisotopic (exact) mass is 478 g/mol. The van der Waals surface area contributed by atoms with Crippen molar-refractivity contribution < 1.29 is 9.84 Å².